The summed E-state index contributed by atoms with van der Waals surface area (Å²) in [5.74, 6) is 0.186. The van der Waals surface area contributed by atoms with Crippen LogP contribution >= 0.6 is 0 Å². The van der Waals surface area contributed by atoms with E-state index in [9.17, 15) is 13.2 Å². The topological polar surface area (TPSA) is 88.2 Å². The van der Waals surface area contributed by atoms with Crippen LogP contribution in [0.4, 0.5) is 5.69 Å². The number of aromatic nitrogens is 1. The molecule has 0 unspecified atom stereocenters. The normalized spacial score (nSPS) is 14.1. The van der Waals surface area contributed by atoms with Crippen LogP contribution in [0.25, 0.3) is 10.9 Å². The van der Waals surface area contributed by atoms with Gasteiger partial charge >= 0.3 is 0 Å². The Morgan fingerprint density at radius 2 is 1.79 bits per heavy atom. The zero-order valence-corrected chi connectivity index (χ0v) is 17.2. The maximum Gasteiger partial charge on any atom is 0.257 e. The summed E-state index contributed by atoms with van der Waals surface area (Å²) >= 11 is 0. The van der Waals surface area contributed by atoms with Gasteiger partial charge in [0.2, 0.25) is 10.0 Å². The fraction of sp³-hybridized carbons (Fsp3) is 0.273. The molecule has 0 saturated heterocycles. The number of anilines is 1. The van der Waals surface area contributed by atoms with Gasteiger partial charge in [0.05, 0.1) is 21.7 Å². The van der Waals surface area contributed by atoms with E-state index in [0.717, 1.165) is 29.3 Å². The number of rotatable bonds is 6. The Morgan fingerprint density at radius 1 is 1.07 bits per heavy atom. The number of hydrogen-bond donors (Lipinski definition) is 2. The minimum Gasteiger partial charge on any atom is -0.322 e. The number of nitrogens with one attached hydrogen (secondary N) is 2. The molecule has 29 heavy (non-hydrogen) atoms. The van der Waals surface area contributed by atoms with E-state index in [-0.39, 0.29) is 10.8 Å². The van der Waals surface area contributed by atoms with Gasteiger partial charge in [0.1, 0.15) is 0 Å². The van der Waals surface area contributed by atoms with Crippen molar-refractivity contribution in [1.29, 1.82) is 0 Å². The van der Waals surface area contributed by atoms with Crippen molar-refractivity contribution in [2.45, 2.75) is 31.6 Å². The van der Waals surface area contributed by atoms with Crippen molar-refractivity contribution in [1.82, 2.24) is 9.71 Å². The van der Waals surface area contributed by atoms with Crippen molar-refractivity contribution in [3.63, 3.8) is 0 Å². The van der Waals surface area contributed by atoms with E-state index < -0.39 is 10.0 Å². The molecule has 6 nitrogen and oxygen atoms in total. The molecule has 1 aliphatic rings. The smallest absolute Gasteiger partial charge is 0.257 e. The molecule has 0 bridgehead atoms. The predicted octanol–water partition coefficient (Wildman–Crippen LogP) is 3.79. The lowest BCUT2D eigenvalue weighted by Crippen LogP contribution is -2.25. The SMILES string of the molecule is Cc1ccc2cc(C(=O)Nc3ccc(S(=O)(=O)NCC4CC4)cc3)c(C)nc2c1. The van der Waals surface area contributed by atoms with Crippen LogP contribution in [0.1, 0.15) is 34.5 Å². The summed E-state index contributed by atoms with van der Waals surface area (Å²) in [6.07, 6.45) is 2.16. The van der Waals surface area contributed by atoms with Crippen LogP contribution in [-0.2, 0) is 10.0 Å². The van der Waals surface area contributed by atoms with E-state index >= 15 is 0 Å². The van der Waals surface area contributed by atoms with Gasteiger partial charge in [0.25, 0.3) is 5.91 Å². The fourth-order valence-corrected chi connectivity index (χ4v) is 4.27. The second-order valence-corrected chi connectivity index (χ2v) is 9.36. The van der Waals surface area contributed by atoms with E-state index in [4.69, 9.17) is 0 Å². The van der Waals surface area contributed by atoms with Crippen LogP contribution in [0.5, 0.6) is 0 Å². The molecule has 1 fully saturated rings. The highest BCUT2D eigenvalue weighted by molar-refractivity contribution is 7.89. The third-order valence-corrected chi connectivity index (χ3v) is 6.53. The highest BCUT2D eigenvalue weighted by Crippen LogP contribution is 2.28. The molecule has 150 valence electrons. The number of carbonyl (C=O) groups is 1. The van der Waals surface area contributed by atoms with Gasteiger partial charge in [-0.25, -0.2) is 13.1 Å². The standard InChI is InChI=1S/C22H23N3O3S/c1-14-3-6-17-12-20(15(2)24-21(17)11-14)22(26)25-18-7-9-19(10-8-18)29(27,28)23-13-16-4-5-16/h3,6-12,16,23H,4-5,13H2,1-2H3,(H,25,26). The number of benzene rings is 2. The molecule has 0 radical (unpaired) electrons. The molecule has 0 atom stereocenters. The Bertz CT molecular complexity index is 1180. The van der Waals surface area contributed by atoms with Crippen molar-refractivity contribution in [3.8, 4) is 0 Å². The van der Waals surface area contributed by atoms with Crippen molar-refractivity contribution in [2.75, 3.05) is 11.9 Å². The number of amides is 1. The number of hydrogen-bond acceptors (Lipinski definition) is 4. The Balaban J connectivity index is 1.50. The number of fused-ring (bicyclic) bond motifs is 1. The minimum absolute atomic E-state index is 0.190. The van der Waals surface area contributed by atoms with Crippen LogP contribution in [0, 0.1) is 19.8 Å². The van der Waals surface area contributed by atoms with E-state index in [1.54, 1.807) is 19.1 Å². The summed E-state index contributed by atoms with van der Waals surface area (Å²) in [5, 5.41) is 3.72. The maximum absolute atomic E-state index is 12.7. The summed E-state index contributed by atoms with van der Waals surface area (Å²) in [7, 11) is -3.52. The third-order valence-electron chi connectivity index (χ3n) is 5.09. The van der Waals surface area contributed by atoms with Crippen molar-refractivity contribution < 1.29 is 13.2 Å². The zero-order chi connectivity index (χ0) is 20.6. The van der Waals surface area contributed by atoms with Crippen LogP contribution in [0.3, 0.4) is 0 Å². The molecule has 0 spiro atoms. The second kappa shape index (κ2) is 7.57. The third kappa shape index (κ3) is 4.46. The van der Waals surface area contributed by atoms with E-state index in [1.165, 1.54) is 12.1 Å². The molecular formula is C22H23N3O3S. The molecule has 1 aliphatic carbocycles. The van der Waals surface area contributed by atoms with E-state index in [1.807, 2.05) is 31.2 Å². The van der Waals surface area contributed by atoms with Gasteiger partial charge in [-0.05, 0) is 74.6 Å². The highest BCUT2D eigenvalue weighted by atomic mass is 32.2. The largest absolute Gasteiger partial charge is 0.322 e. The first-order chi connectivity index (χ1) is 13.8. The number of carbonyl (C=O) groups excluding carboxylic acids is 1. The quantitative estimate of drug-likeness (QED) is 0.648. The van der Waals surface area contributed by atoms with Crippen LogP contribution < -0.4 is 10.0 Å². The lowest BCUT2D eigenvalue weighted by atomic mass is 10.1. The summed E-state index contributed by atoms with van der Waals surface area (Å²) < 4.78 is 27.2. The number of sulfonamides is 1. The summed E-state index contributed by atoms with van der Waals surface area (Å²) in [6, 6.07) is 13.9. The van der Waals surface area contributed by atoms with Gasteiger partial charge in [-0.2, -0.15) is 0 Å². The Kier molecular flexibility index (Phi) is 5.10. The number of pyridine rings is 1. The van der Waals surface area contributed by atoms with Crippen LogP contribution in [-0.4, -0.2) is 25.9 Å². The first-order valence-corrected chi connectivity index (χ1v) is 11.1. The first-order valence-electron chi connectivity index (χ1n) is 9.61. The Hall–Kier alpha value is -2.77. The van der Waals surface area contributed by atoms with Crippen molar-refractivity contribution >= 4 is 32.5 Å². The predicted molar refractivity (Wildman–Crippen MR) is 114 cm³/mol. The van der Waals surface area contributed by atoms with Gasteiger partial charge in [0.15, 0.2) is 0 Å². The average molecular weight is 410 g/mol. The van der Waals surface area contributed by atoms with Gasteiger partial charge in [-0.1, -0.05) is 12.1 Å². The molecule has 3 aromatic rings. The van der Waals surface area contributed by atoms with Crippen molar-refractivity contribution in [3.05, 3.63) is 65.4 Å². The lowest BCUT2D eigenvalue weighted by molar-refractivity contribution is 0.102. The maximum atomic E-state index is 12.7. The van der Waals surface area contributed by atoms with Gasteiger partial charge in [-0.3, -0.25) is 9.78 Å². The van der Waals surface area contributed by atoms with Crippen LogP contribution in [0.2, 0.25) is 0 Å². The summed E-state index contributed by atoms with van der Waals surface area (Å²) in [5.41, 5.74) is 3.63. The van der Waals surface area contributed by atoms with Gasteiger partial charge in [-0.15, -0.1) is 0 Å². The molecule has 1 saturated carbocycles. The number of nitrogens with zero attached hydrogens (tertiary/aromatic N) is 1. The molecular weight excluding hydrogens is 386 g/mol. The zero-order valence-electron chi connectivity index (χ0n) is 16.4. The van der Waals surface area contributed by atoms with Gasteiger partial charge < -0.3 is 5.32 Å². The number of aryl methyl sites for hydroxylation is 2. The molecule has 1 amide bonds. The molecule has 2 N–H and O–H groups in total. The second-order valence-electron chi connectivity index (χ2n) is 7.59. The lowest BCUT2D eigenvalue weighted by Gasteiger charge is -2.10. The highest BCUT2D eigenvalue weighted by Gasteiger charge is 2.24. The molecule has 1 heterocycles. The molecule has 0 aliphatic heterocycles. The molecule has 4 rings (SSSR count). The van der Waals surface area contributed by atoms with Gasteiger partial charge in [0, 0.05) is 17.6 Å². The Morgan fingerprint density at radius 3 is 2.48 bits per heavy atom. The van der Waals surface area contributed by atoms with E-state index in [2.05, 4.69) is 15.0 Å². The minimum atomic E-state index is -3.52. The fourth-order valence-electron chi connectivity index (χ4n) is 3.15. The molecule has 1 aromatic heterocycles. The van der Waals surface area contributed by atoms with Crippen molar-refractivity contribution in [2.24, 2.45) is 5.92 Å². The Labute approximate surface area is 170 Å². The average Bonchev–Trinajstić information content (AvgIpc) is 3.51. The van der Waals surface area contributed by atoms with E-state index in [0.29, 0.717) is 29.4 Å². The molecule has 2 aromatic carbocycles. The first kappa shape index (κ1) is 19.5. The van der Waals surface area contributed by atoms with Crippen LogP contribution in [0.15, 0.2) is 53.4 Å². The summed E-state index contributed by atoms with van der Waals surface area (Å²) in [6.45, 7) is 4.29. The monoisotopic (exact) mass is 409 g/mol. The molecule has 7 heteroatoms. The summed E-state index contributed by atoms with van der Waals surface area (Å²) in [4.78, 5) is 17.5.